The molecule has 5 nitrogen and oxygen atoms in total. The number of nitrogens with zero attached hydrogens (tertiary/aromatic N) is 3. The van der Waals surface area contributed by atoms with E-state index in [9.17, 15) is 8.78 Å². The summed E-state index contributed by atoms with van der Waals surface area (Å²) in [6, 6.07) is 3.39. The topological polar surface area (TPSA) is 62.7 Å². The Morgan fingerprint density at radius 2 is 2.00 bits per heavy atom. The van der Waals surface area contributed by atoms with Crippen molar-refractivity contribution in [2.45, 2.75) is 19.9 Å². The fourth-order valence-corrected chi connectivity index (χ4v) is 1.43. The summed E-state index contributed by atoms with van der Waals surface area (Å²) in [5.41, 5.74) is 0.0879. The molecule has 1 aromatic heterocycles. The van der Waals surface area contributed by atoms with Crippen molar-refractivity contribution >= 4 is 17.5 Å². The van der Waals surface area contributed by atoms with Gasteiger partial charge in [0.05, 0.1) is 11.9 Å². The molecule has 0 radical (unpaired) electrons. The van der Waals surface area contributed by atoms with Gasteiger partial charge in [-0.05, 0) is 26.0 Å². The van der Waals surface area contributed by atoms with Gasteiger partial charge in [0, 0.05) is 12.1 Å². The molecule has 100 valence electrons. The zero-order valence-corrected chi connectivity index (χ0v) is 10.5. The van der Waals surface area contributed by atoms with Gasteiger partial charge in [-0.2, -0.15) is 10.1 Å². The number of benzene rings is 1. The second kappa shape index (κ2) is 5.55. The van der Waals surface area contributed by atoms with Crippen molar-refractivity contribution < 1.29 is 8.78 Å². The monoisotopic (exact) mass is 265 g/mol. The fraction of sp³-hybridized carbons (Fsp3) is 0.250. The van der Waals surface area contributed by atoms with Crippen molar-refractivity contribution in [2.75, 3.05) is 10.6 Å². The number of hydrogen-bond acceptors (Lipinski definition) is 5. The Hall–Kier alpha value is -2.31. The zero-order chi connectivity index (χ0) is 13.8. The van der Waals surface area contributed by atoms with E-state index in [0.29, 0.717) is 5.82 Å². The maximum Gasteiger partial charge on any atom is 0.249 e. The van der Waals surface area contributed by atoms with E-state index in [0.717, 1.165) is 12.1 Å². The molecular weight excluding hydrogens is 252 g/mol. The zero-order valence-electron chi connectivity index (χ0n) is 10.5. The van der Waals surface area contributed by atoms with Crippen LogP contribution in [0.3, 0.4) is 0 Å². The van der Waals surface area contributed by atoms with E-state index in [2.05, 4.69) is 25.8 Å². The van der Waals surface area contributed by atoms with Crippen LogP contribution < -0.4 is 10.6 Å². The molecule has 2 N–H and O–H groups in total. The molecular formula is C12H13F2N5. The van der Waals surface area contributed by atoms with Gasteiger partial charge in [-0.15, -0.1) is 5.10 Å². The molecule has 2 rings (SSSR count). The number of halogens is 2. The predicted octanol–water partition coefficient (Wildman–Crippen LogP) is 2.71. The quantitative estimate of drug-likeness (QED) is 0.890. The van der Waals surface area contributed by atoms with Crippen LogP contribution in [0, 0.1) is 11.6 Å². The third-order valence-corrected chi connectivity index (χ3v) is 2.17. The van der Waals surface area contributed by atoms with Crippen molar-refractivity contribution in [3.8, 4) is 0 Å². The number of aromatic nitrogens is 3. The molecule has 0 atom stereocenters. The summed E-state index contributed by atoms with van der Waals surface area (Å²) >= 11 is 0. The van der Waals surface area contributed by atoms with Gasteiger partial charge in [-0.25, -0.2) is 8.78 Å². The molecule has 1 heterocycles. The highest BCUT2D eigenvalue weighted by molar-refractivity contribution is 5.54. The molecule has 0 saturated heterocycles. The van der Waals surface area contributed by atoms with Crippen LogP contribution in [0.25, 0.3) is 0 Å². The normalized spacial score (nSPS) is 10.6. The lowest BCUT2D eigenvalue weighted by Crippen LogP contribution is -2.12. The molecule has 2 aromatic rings. The highest BCUT2D eigenvalue weighted by Gasteiger charge is 2.07. The lowest BCUT2D eigenvalue weighted by atomic mass is 10.3. The van der Waals surface area contributed by atoms with E-state index in [1.54, 1.807) is 0 Å². The van der Waals surface area contributed by atoms with E-state index in [1.165, 1.54) is 12.3 Å². The Morgan fingerprint density at radius 1 is 1.21 bits per heavy atom. The van der Waals surface area contributed by atoms with Gasteiger partial charge in [0.25, 0.3) is 0 Å². The summed E-state index contributed by atoms with van der Waals surface area (Å²) in [5, 5.41) is 13.2. The van der Waals surface area contributed by atoms with E-state index in [-0.39, 0.29) is 17.7 Å². The molecule has 0 aliphatic carbocycles. The van der Waals surface area contributed by atoms with E-state index < -0.39 is 11.6 Å². The van der Waals surface area contributed by atoms with Gasteiger partial charge in [-0.1, -0.05) is 0 Å². The van der Waals surface area contributed by atoms with Gasteiger partial charge >= 0.3 is 0 Å². The average Bonchev–Trinajstić information content (AvgIpc) is 2.32. The maximum absolute atomic E-state index is 13.5. The predicted molar refractivity (Wildman–Crippen MR) is 68.2 cm³/mol. The summed E-state index contributed by atoms with van der Waals surface area (Å²) in [4.78, 5) is 4.12. The first kappa shape index (κ1) is 13.1. The lowest BCUT2D eigenvalue weighted by Gasteiger charge is -2.10. The summed E-state index contributed by atoms with van der Waals surface area (Å²) in [6.07, 6.45) is 1.46. The molecule has 0 aliphatic rings. The number of rotatable bonds is 4. The molecule has 19 heavy (non-hydrogen) atoms. The van der Waals surface area contributed by atoms with Crippen LogP contribution in [-0.2, 0) is 0 Å². The fourth-order valence-electron chi connectivity index (χ4n) is 1.43. The van der Waals surface area contributed by atoms with E-state index in [4.69, 9.17) is 0 Å². The number of nitrogens with one attached hydrogen (secondary N) is 2. The van der Waals surface area contributed by atoms with Crippen LogP contribution in [0.15, 0.2) is 24.4 Å². The average molecular weight is 265 g/mol. The first-order valence-electron chi connectivity index (χ1n) is 5.73. The van der Waals surface area contributed by atoms with Gasteiger partial charge in [0.15, 0.2) is 5.82 Å². The van der Waals surface area contributed by atoms with Gasteiger partial charge < -0.3 is 10.6 Å². The standard InChI is InChI=1S/C12H13F2N5/c1-7(2)16-11-6-15-19-12(18-11)17-10-4-3-8(13)5-9(10)14/h3-7H,1-2H3,(H2,16,17,18,19). The van der Waals surface area contributed by atoms with Crippen molar-refractivity contribution in [1.82, 2.24) is 15.2 Å². The summed E-state index contributed by atoms with van der Waals surface area (Å²) in [6.45, 7) is 3.91. The summed E-state index contributed by atoms with van der Waals surface area (Å²) in [7, 11) is 0. The van der Waals surface area contributed by atoms with Gasteiger partial charge in [0.2, 0.25) is 5.95 Å². The van der Waals surface area contributed by atoms with Gasteiger partial charge in [0.1, 0.15) is 11.6 Å². The minimum absolute atomic E-state index is 0.0879. The van der Waals surface area contributed by atoms with Crippen LogP contribution in [-0.4, -0.2) is 21.2 Å². The Morgan fingerprint density at radius 3 is 2.68 bits per heavy atom. The lowest BCUT2D eigenvalue weighted by molar-refractivity contribution is 0.586. The first-order valence-corrected chi connectivity index (χ1v) is 5.73. The molecule has 0 amide bonds. The molecule has 0 fully saturated rings. The Kier molecular flexibility index (Phi) is 3.84. The van der Waals surface area contributed by atoms with Crippen molar-refractivity contribution in [3.05, 3.63) is 36.0 Å². The molecule has 0 saturated carbocycles. The minimum Gasteiger partial charge on any atom is -0.366 e. The third kappa shape index (κ3) is 3.57. The van der Waals surface area contributed by atoms with Crippen LogP contribution in [0.2, 0.25) is 0 Å². The highest BCUT2D eigenvalue weighted by Crippen LogP contribution is 2.18. The number of anilines is 3. The van der Waals surface area contributed by atoms with Crippen molar-refractivity contribution in [3.63, 3.8) is 0 Å². The number of hydrogen-bond donors (Lipinski definition) is 2. The van der Waals surface area contributed by atoms with Gasteiger partial charge in [-0.3, -0.25) is 0 Å². The Labute approximate surface area is 109 Å². The van der Waals surface area contributed by atoms with Crippen LogP contribution in [0.1, 0.15) is 13.8 Å². The van der Waals surface area contributed by atoms with Crippen LogP contribution >= 0.6 is 0 Å². The Bertz CT molecular complexity index is 574. The van der Waals surface area contributed by atoms with Crippen LogP contribution in [0.5, 0.6) is 0 Å². The van der Waals surface area contributed by atoms with E-state index >= 15 is 0 Å². The largest absolute Gasteiger partial charge is 0.366 e. The summed E-state index contributed by atoms with van der Waals surface area (Å²) in [5.74, 6) is -0.700. The Balaban J connectivity index is 2.18. The maximum atomic E-state index is 13.5. The summed E-state index contributed by atoms with van der Waals surface area (Å²) < 4.78 is 26.2. The smallest absolute Gasteiger partial charge is 0.249 e. The molecule has 1 aromatic carbocycles. The molecule has 0 aliphatic heterocycles. The molecule has 0 bridgehead atoms. The minimum atomic E-state index is -0.717. The van der Waals surface area contributed by atoms with E-state index in [1.807, 2.05) is 13.8 Å². The van der Waals surface area contributed by atoms with Crippen molar-refractivity contribution in [2.24, 2.45) is 0 Å². The first-order chi connectivity index (χ1) is 9.04. The SMILES string of the molecule is CC(C)Nc1cnnc(Nc2ccc(F)cc2F)n1. The third-order valence-electron chi connectivity index (χ3n) is 2.17. The molecule has 7 heteroatoms. The second-order valence-electron chi connectivity index (χ2n) is 4.21. The molecule has 0 spiro atoms. The molecule has 0 unspecified atom stereocenters. The van der Waals surface area contributed by atoms with Crippen molar-refractivity contribution in [1.29, 1.82) is 0 Å². The highest BCUT2D eigenvalue weighted by atomic mass is 19.1. The van der Waals surface area contributed by atoms with Crippen LogP contribution in [0.4, 0.5) is 26.2 Å². The second-order valence-corrected chi connectivity index (χ2v) is 4.21.